The van der Waals surface area contributed by atoms with Crippen LogP contribution < -0.4 is 15.8 Å². The molecule has 0 spiro atoms. The van der Waals surface area contributed by atoms with Gasteiger partial charge in [0.05, 0.1) is 6.33 Å². The van der Waals surface area contributed by atoms with E-state index in [4.69, 9.17) is 10.5 Å². The monoisotopic (exact) mass is 409 g/mol. The van der Waals surface area contributed by atoms with Crippen molar-refractivity contribution in [3.63, 3.8) is 0 Å². The number of imidazole rings is 1. The second kappa shape index (κ2) is 7.75. The molecule has 31 heavy (non-hydrogen) atoms. The summed E-state index contributed by atoms with van der Waals surface area (Å²) >= 11 is 0. The Morgan fingerprint density at radius 3 is 2.52 bits per heavy atom. The van der Waals surface area contributed by atoms with Crippen LogP contribution in [0, 0.1) is 6.92 Å². The van der Waals surface area contributed by atoms with Gasteiger partial charge in [-0.05, 0) is 72.1 Å². The van der Waals surface area contributed by atoms with Crippen LogP contribution in [0.4, 0.5) is 17.3 Å². The Hall–Kier alpha value is -4.46. The first-order valence-corrected chi connectivity index (χ1v) is 9.68. The lowest BCUT2D eigenvalue weighted by Crippen LogP contribution is -2.01. The average molecular weight is 409 g/mol. The molecule has 3 heterocycles. The van der Waals surface area contributed by atoms with Crippen LogP contribution in [0.25, 0.3) is 22.3 Å². The molecule has 8 nitrogen and oxygen atoms in total. The first-order valence-electron chi connectivity index (χ1n) is 9.68. The van der Waals surface area contributed by atoms with Crippen molar-refractivity contribution in [3.8, 4) is 22.8 Å². The van der Waals surface area contributed by atoms with E-state index in [-0.39, 0.29) is 0 Å². The average Bonchev–Trinajstić information content (AvgIpc) is 3.26. The largest absolute Gasteiger partial charge is 0.437 e. The van der Waals surface area contributed by atoms with E-state index in [2.05, 4.69) is 36.3 Å². The molecule has 4 N–H and O–H groups in total. The number of aromatic nitrogens is 5. The number of anilines is 3. The number of nitrogen functional groups attached to an aromatic ring is 1. The van der Waals surface area contributed by atoms with E-state index in [1.807, 2.05) is 43.3 Å². The van der Waals surface area contributed by atoms with Crippen molar-refractivity contribution in [1.82, 2.24) is 24.9 Å². The van der Waals surface area contributed by atoms with Crippen LogP contribution in [0.1, 0.15) is 5.56 Å². The van der Waals surface area contributed by atoms with E-state index in [1.54, 1.807) is 30.9 Å². The lowest BCUT2D eigenvalue weighted by atomic mass is 10.0. The minimum absolute atomic E-state index is 0.380. The van der Waals surface area contributed by atoms with Gasteiger partial charge in [-0.1, -0.05) is 6.07 Å². The van der Waals surface area contributed by atoms with E-state index >= 15 is 0 Å². The third-order valence-corrected chi connectivity index (χ3v) is 4.81. The number of nitrogens with two attached hydrogens (primary N) is 1. The van der Waals surface area contributed by atoms with Crippen LogP contribution >= 0.6 is 0 Å². The van der Waals surface area contributed by atoms with Crippen LogP contribution in [0.2, 0.25) is 0 Å². The summed E-state index contributed by atoms with van der Waals surface area (Å²) in [5, 5.41) is 3.17. The van der Waals surface area contributed by atoms with Crippen molar-refractivity contribution < 1.29 is 4.74 Å². The van der Waals surface area contributed by atoms with Crippen LogP contribution in [0.3, 0.4) is 0 Å². The van der Waals surface area contributed by atoms with E-state index < -0.39 is 0 Å². The number of rotatable bonds is 5. The van der Waals surface area contributed by atoms with Gasteiger partial charge in [0, 0.05) is 23.8 Å². The number of nitrogens with zero attached hydrogens (tertiary/aromatic N) is 4. The lowest BCUT2D eigenvalue weighted by Gasteiger charge is -2.12. The summed E-state index contributed by atoms with van der Waals surface area (Å²) in [5.74, 6) is 1.47. The first kappa shape index (κ1) is 18.6. The molecule has 0 unspecified atom stereocenters. The van der Waals surface area contributed by atoms with Crippen molar-refractivity contribution >= 4 is 28.5 Å². The molecular formula is C23H19N7O. The Balaban J connectivity index is 1.47. The third-order valence-electron chi connectivity index (χ3n) is 4.81. The molecule has 0 aliphatic carbocycles. The summed E-state index contributed by atoms with van der Waals surface area (Å²) in [6, 6.07) is 17.3. The minimum atomic E-state index is 0.380. The molecule has 0 radical (unpaired) electrons. The molecule has 152 valence electrons. The van der Waals surface area contributed by atoms with Gasteiger partial charge in [0.1, 0.15) is 11.3 Å². The molecule has 0 aliphatic rings. The van der Waals surface area contributed by atoms with Crippen LogP contribution in [-0.4, -0.2) is 24.9 Å². The smallest absolute Gasteiger partial charge is 0.250 e. The number of pyridine rings is 1. The second-order valence-corrected chi connectivity index (χ2v) is 7.02. The van der Waals surface area contributed by atoms with E-state index in [0.29, 0.717) is 34.4 Å². The normalized spacial score (nSPS) is 10.9. The summed E-state index contributed by atoms with van der Waals surface area (Å²) in [6.45, 7) is 2.00. The molecular weight excluding hydrogens is 390 g/mol. The number of aryl methyl sites for hydroxylation is 1. The molecule has 8 heteroatoms. The highest BCUT2D eigenvalue weighted by atomic mass is 16.5. The van der Waals surface area contributed by atoms with Crippen LogP contribution in [-0.2, 0) is 0 Å². The molecule has 0 saturated carbocycles. The van der Waals surface area contributed by atoms with Gasteiger partial charge >= 0.3 is 0 Å². The highest BCUT2D eigenvalue weighted by Gasteiger charge is 2.14. The fourth-order valence-electron chi connectivity index (χ4n) is 3.22. The molecule has 0 bridgehead atoms. The zero-order valence-corrected chi connectivity index (χ0v) is 16.7. The van der Waals surface area contributed by atoms with E-state index in [1.165, 1.54) is 0 Å². The van der Waals surface area contributed by atoms with Crippen LogP contribution in [0.5, 0.6) is 11.6 Å². The number of ether oxygens (including phenoxy) is 1. The number of H-pyrrole nitrogens is 1. The van der Waals surface area contributed by atoms with Gasteiger partial charge in [-0.25, -0.2) is 4.98 Å². The number of hydrogen-bond donors (Lipinski definition) is 3. The summed E-state index contributed by atoms with van der Waals surface area (Å²) in [6.07, 6.45) is 5.12. The fraction of sp³-hybridized carbons (Fsp3) is 0.0435. The zero-order chi connectivity index (χ0) is 21.2. The standard InChI is InChI=1S/C23H19N7O/c1-14-12-16(15-8-10-25-11-9-15)2-7-19(14)31-22-20-21(27-13-26-20)29-23(30-22)28-18-5-3-17(24)4-6-18/h2-13H,24H2,1H3,(H2,26,27,28,29,30). The predicted octanol–water partition coefficient (Wildman–Crippen LogP) is 4.84. The summed E-state index contributed by atoms with van der Waals surface area (Å²) in [5.41, 5.74) is 11.6. The molecule has 5 aromatic rings. The zero-order valence-electron chi connectivity index (χ0n) is 16.7. The Kier molecular flexibility index (Phi) is 4.64. The number of fused-ring (bicyclic) bond motifs is 1. The minimum Gasteiger partial charge on any atom is -0.437 e. The molecule has 3 aromatic heterocycles. The summed E-state index contributed by atoms with van der Waals surface area (Å²) < 4.78 is 6.17. The SMILES string of the molecule is Cc1cc(-c2ccncc2)ccc1Oc1nc(Nc2ccc(N)cc2)nc2nc[nH]c12. The second-order valence-electron chi connectivity index (χ2n) is 7.02. The number of hydrogen-bond acceptors (Lipinski definition) is 7. The van der Waals surface area contributed by atoms with E-state index in [0.717, 1.165) is 22.4 Å². The van der Waals surface area contributed by atoms with Gasteiger partial charge in [0.25, 0.3) is 5.88 Å². The molecule has 5 rings (SSSR count). The van der Waals surface area contributed by atoms with Crippen molar-refractivity contribution in [2.45, 2.75) is 6.92 Å². The summed E-state index contributed by atoms with van der Waals surface area (Å²) in [7, 11) is 0. The quantitative estimate of drug-likeness (QED) is 0.356. The van der Waals surface area contributed by atoms with Gasteiger partial charge in [0.15, 0.2) is 5.65 Å². The van der Waals surface area contributed by atoms with Crippen molar-refractivity contribution in [2.24, 2.45) is 0 Å². The molecule has 0 atom stereocenters. The molecule has 0 fully saturated rings. The van der Waals surface area contributed by atoms with Crippen molar-refractivity contribution in [1.29, 1.82) is 0 Å². The Morgan fingerprint density at radius 2 is 1.74 bits per heavy atom. The highest BCUT2D eigenvalue weighted by molar-refractivity contribution is 5.78. The number of aromatic amines is 1. The maximum Gasteiger partial charge on any atom is 0.250 e. The Labute approximate surface area is 178 Å². The molecule has 0 amide bonds. The van der Waals surface area contributed by atoms with E-state index in [9.17, 15) is 0 Å². The Morgan fingerprint density at radius 1 is 0.935 bits per heavy atom. The highest BCUT2D eigenvalue weighted by Crippen LogP contribution is 2.32. The van der Waals surface area contributed by atoms with Gasteiger partial charge in [-0.15, -0.1) is 0 Å². The van der Waals surface area contributed by atoms with Gasteiger partial charge in [-0.2, -0.15) is 9.97 Å². The number of benzene rings is 2. The third kappa shape index (κ3) is 3.86. The maximum absolute atomic E-state index is 6.17. The maximum atomic E-state index is 6.17. The van der Waals surface area contributed by atoms with Crippen molar-refractivity contribution in [3.05, 3.63) is 78.9 Å². The molecule has 2 aromatic carbocycles. The topological polar surface area (TPSA) is 115 Å². The van der Waals surface area contributed by atoms with Gasteiger partial charge < -0.3 is 20.8 Å². The fourth-order valence-corrected chi connectivity index (χ4v) is 3.22. The van der Waals surface area contributed by atoms with Crippen molar-refractivity contribution in [2.75, 3.05) is 11.1 Å². The van der Waals surface area contributed by atoms with Gasteiger partial charge in [-0.3, -0.25) is 4.98 Å². The van der Waals surface area contributed by atoms with Crippen LogP contribution in [0.15, 0.2) is 73.3 Å². The lowest BCUT2D eigenvalue weighted by molar-refractivity contribution is 0.464. The van der Waals surface area contributed by atoms with Gasteiger partial charge in [0.2, 0.25) is 5.95 Å². The Bertz CT molecular complexity index is 1350. The number of nitrogens with one attached hydrogen (secondary N) is 2. The molecule has 0 saturated heterocycles. The summed E-state index contributed by atoms with van der Waals surface area (Å²) in [4.78, 5) is 20.4. The molecule has 0 aliphatic heterocycles. The first-order chi connectivity index (χ1) is 15.2. The predicted molar refractivity (Wildman–Crippen MR) is 120 cm³/mol.